The number of thioether (sulfide) groups is 1. The summed E-state index contributed by atoms with van der Waals surface area (Å²) in [5, 5.41) is 0.883. The lowest BCUT2D eigenvalue weighted by Gasteiger charge is -2.10. The van der Waals surface area contributed by atoms with Gasteiger partial charge in [0.15, 0.2) is 11.4 Å². The highest BCUT2D eigenvalue weighted by atomic mass is 32.2. The van der Waals surface area contributed by atoms with Crippen LogP contribution in [0.2, 0.25) is 0 Å². The summed E-state index contributed by atoms with van der Waals surface area (Å²) in [6.07, 6.45) is 3.34. The van der Waals surface area contributed by atoms with Gasteiger partial charge in [0.1, 0.15) is 0 Å². The Labute approximate surface area is 75.7 Å². The number of imidazole rings is 1. The van der Waals surface area contributed by atoms with E-state index in [0.717, 1.165) is 10.9 Å². The molecule has 1 N–H and O–H groups in total. The average Bonchev–Trinajstić information content (AvgIpc) is 2.59. The van der Waals surface area contributed by atoms with Gasteiger partial charge in [0, 0.05) is 26.6 Å². The van der Waals surface area contributed by atoms with Crippen LogP contribution in [-0.4, -0.2) is 36.2 Å². The minimum atomic E-state index is -0.167. The van der Waals surface area contributed by atoms with Crippen LogP contribution in [0.3, 0.4) is 0 Å². The number of aromatic amines is 1. The Kier molecular flexibility index (Phi) is 4.13. The van der Waals surface area contributed by atoms with Gasteiger partial charge in [0.25, 0.3) is 0 Å². The second-order valence-corrected chi connectivity index (χ2v) is 3.12. The summed E-state index contributed by atoms with van der Waals surface area (Å²) < 4.78 is 10.0. The summed E-state index contributed by atoms with van der Waals surface area (Å²) in [4.78, 5) is 7.03. The van der Waals surface area contributed by atoms with E-state index >= 15 is 0 Å². The van der Waals surface area contributed by atoms with E-state index in [1.54, 1.807) is 38.4 Å². The molecule has 1 aromatic heterocycles. The van der Waals surface area contributed by atoms with Gasteiger partial charge in [0.05, 0.1) is 5.75 Å². The number of rotatable bonds is 5. The molecular weight excluding hydrogens is 176 g/mol. The Morgan fingerprint density at radius 3 is 2.83 bits per heavy atom. The van der Waals surface area contributed by atoms with E-state index in [2.05, 4.69) is 9.97 Å². The minimum absolute atomic E-state index is 0.167. The molecule has 0 aliphatic heterocycles. The van der Waals surface area contributed by atoms with Crippen LogP contribution in [0.5, 0.6) is 0 Å². The molecule has 0 aromatic carbocycles. The van der Waals surface area contributed by atoms with Crippen molar-refractivity contribution in [3.8, 4) is 0 Å². The quantitative estimate of drug-likeness (QED) is 0.555. The zero-order valence-electron chi connectivity index (χ0n) is 7.11. The lowest BCUT2D eigenvalue weighted by atomic mass is 10.7. The minimum Gasteiger partial charge on any atom is -0.355 e. The van der Waals surface area contributed by atoms with Gasteiger partial charge in [-0.25, -0.2) is 4.98 Å². The third kappa shape index (κ3) is 2.84. The summed E-state index contributed by atoms with van der Waals surface area (Å²) >= 11 is 1.57. The van der Waals surface area contributed by atoms with Crippen molar-refractivity contribution >= 4 is 11.8 Å². The molecule has 12 heavy (non-hydrogen) atoms. The van der Waals surface area contributed by atoms with Crippen molar-refractivity contribution in [2.24, 2.45) is 0 Å². The number of nitrogens with one attached hydrogen (secondary N) is 1. The van der Waals surface area contributed by atoms with Crippen molar-refractivity contribution in [1.29, 1.82) is 0 Å². The number of ether oxygens (including phenoxy) is 2. The molecule has 1 heterocycles. The summed E-state index contributed by atoms with van der Waals surface area (Å²) in [6.45, 7) is 0. The third-order valence-corrected chi connectivity index (χ3v) is 2.29. The molecule has 0 aliphatic rings. The fourth-order valence-corrected chi connectivity index (χ4v) is 1.56. The first-order valence-electron chi connectivity index (χ1n) is 3.54. The van der Waals surface area contributed by atoms with Gasteiger partial charge in [-0.15, -0.1) is 0 Å². The maximum absolute atomic E-state index is 5.01. The molecule has 4 nitrogen and oxygen atoms in total. The second-order valence-electron chi connectivity index (χ2n) is 2.11. The highest BCUT2D eigenvalue weighted by Gasteiger charge is 2.06. The molecule has 1 rings (SSSR count). The van der Waals surface area contributed by atoms with Crippen LogP contribution in [-0.2, 0) is 9.47 Å². The van der Waals surface area contributed by atoms with Crippen molar-refractivity contribution in [2.45, 2.75) is 11.4 Å². The van der Waals surface area contributed by atoms with Crippen molar-refractivity contribution in [3.63, 3.8) is 0 Å². The largest absolute Gasteiger partial charge is 0.355 e. The highest BCUT2D eigenvalue weighted by molar-refractivity contribution is 7.99. The predicted octanol–water partition coefficient (Wildman–Crippen LogP) is 1.12. The lowest BCUT2D eigenvalue weighted by molar-refractivity contribution is -0.0842. The van der Waals surface area contributed by atoms with Crippen LogP contribution < -0.4 is 0 Å². The maximum Gasteiger partial charge on any atom is 0.166 e. The van der Waals surface area contributed by atoms with Gasteiger partial charge in [-0.2, -0.15) is 0 Å². The van der Waals surface area contributed by atoms with Gasteiger partial charge in [0.2, 0.25) is 0 Å². The smallest absolute Gasteiger partial charge is 0.166 e. The number of aromatic nitrogens is 2. The number of nitrogens with zero attached hydrogens (tertiary/aromatic N) is 1. The number of hydrogen-bond donors (Lipinski definition) is 1. The Balaban J connectivity index is 2.25. The van der Waals surface area contributed by atoms with Crippen molar-refractivity contribution in [2.75, 3.05) is 20.0 Å². The zero-order valence-corrected chi connectivity index (χ0v) is 7.93. The van der Waals surface area contributed by atoms with Crippen LogP contribution in [0.25, 0.3) is 0 Å². The van der Waals surface area contributed by atoms with Gasteiger partial charge >= 0.3 is 0 Å². The standard InChI is InChI=1S/C7H12N2O2S/c1-10-6(11-2)5-12-7-8-3-4-9-7/h3-4,6H,5H2,1-2H3,(H,8,9). The first-order chi connectivity index (χ1) is 5.86. The number of H-pyrrole nitrogens is 1. The summed E-state index contributed by atoms with van der Waals surface area (Å²) in [5.41, 5.74) is 0. The molecule has 0 aliphatic carbocycles. The molecule has 0 amide bonds. The van der Waals surface area contributed by atoms with Crippen LogP contribution in [0.4, 0.5) is 0 Å². The Morgan fingerprint density at radius 2 is 2.33 bits per heavy atom. The molecular formula is C7H12N2O2S. The predicted molar refractivity (Wildman–Crippen MR) is 47.1 cm³/mol. The van der Waals surface area contributed by atoms with Crippen LogP contribution >= 0.6 is 11.8 Å². The van der Waals surface area contributed by atoms with Crippen molar-refractivity contribution in [1.82, 2.24) is 9.97 Å². The van der Waals surface area contributed by atoms with E-state index < -0.39 is 0 Å². The first kappa shape index (κ1) is 9.57. The van der Waals surface area contributed by atoms with Gasteiger partial charge in [-0.1, -0.05) is 11.8 Å². The Bertz CT molecular complexity index is 199. The van der Waals surface area contributed by atoms with Crippen molar-refractivity contribution in [3.05, 3.63) is 12.4 Å². The van der Waals surface area contributed by atoms with E-state index in [0.29, 0.717) is 0 Å². The summed E-state index contributed by atoms with van der Waals surface area (Å²) in [6, 6.07) is 0. The molecule has 0 atom stereocenters. The number of hydrogen-bond acceptors (Lipinski definition) is 4. The Hall–Kier alpha value is -0.520. The van der Waals surface area contributed by atoms with E-state index in [1.807, 2.05) is 0 Å². The number of methoxy groups -OCH3 is 2. The van der Waals surface area contributed by atoms with E-state index in [9.17, 15) is 0 Å². The van der Waals surface area contributed by atoms with E-state index in [4.69, 9.17) is 9.47 Å². The molecule has 0 saturated carbocycles. The van der Waals surface area contributed by atoms with Crippen molar-refractivity contribution < 1.29 is 9.47 Å². The monoisotopic (exact) mass is 188 g/mol. The molecule has 0 saturated heterocycles. The fourth-order valence-electron chi connectivity index (χ4n) is 0.709. The van der Waals surface area contributed by atoms with Gasteiger partial charge < -0.3 is 14.5 Å². The lowest BCUT2D eigenvalue weighted by Crippen LogP contribution is -2.15. The molecule has 68 valence electrons. The fraction of sp³-hybridized carbons (Fsp3) is 0.571. The van der Waals surface area contributed by atoms with Crippen LogP contribution in [0.1, 0.15) is 0 Å². The summed E-state index contributed by atoms with van der Waals surface area (Å²) in [5.74, 6) is 0.737. The molecule has 0 spiro atoms. The highest BCUT2D eigenvalue weighted by Crippen LogP contribution is 2.13. The van der Waals surface area contributed by atoms with Gasteiger partial charge in [-0.05, 0) is 0 Å². The third-order valence-electron chi connectivity index (χ3n) is 1.36. The molecule has 0 fully saturated rings. The first-order valence-corrected chi connectivity index (χ1v) is 4.53. The van der Waals surface area contributed by atoms with E-state index in [1.165, 1.54) is 0 Å². The molecule has 0 radical (unpaired) electrons. The molecule has 1 aromatic rings. The molecule has 0 bridgehead atoms. The topological polar surface area (TPSA) is 47.1 Å². The normalized spacial score (nSPS) is 10.9. The Morgan fingerprint density at radius 1 is 1.58 bits per heavy atom. The molecule has 5 heteroatoms. The average molecular weight is 188 g/mol. The van der Waals surface area contributed by atoms with Gasteiger partial charge in [-0.3, -0.25) is 0 Å². The summed E-state index contributed by atoms with van der Waals surface area (Å²) in [7, 11) is 3.24. The second kappa shape index (κ2) is 5.18. The zero-order chi connectivity index (χ0) is 8.81. The van der Waals surface area contributed by atoms with Crippen LogP contribution in [0, 0.1) is 0 Å². The SMILES string of the molecule is COC(CSc1ncc[nH]1)OC. The van der Waals surface area contributed by atoms with Crippen LogP contribution in [0.15, 0.2) is 17.6 Å². The molecule has 0 unspecified atom stereocenters. The maximum atomic E-state index is 5.01. The van der Waals surface area contributed by atoms with E-state index in [-0.39, 0.29) is 6.29 Å².